The van der Waals surface area contributed by atoms with Crippen LogP contribution in [0.5, 0.6) is 5.75 Å². The second kappa shape index (κ2) is 4.26. The molecule has 0 unspecified atom stereocenters. The van der Waals surface area contributed by atoms with E-state index in [0.29, 0.717) is 6.08 Å². The number of hydrogen-bond donors (Lipinski definition) is 2. The van der Waals surface area contributed by atoms with Crippen LogP contribution in [-0.2, 0) is 0 Å². The standard InChI is InChI=1S/C10H8F3NO2/c11-10(12,13)9(14)5-8(16)6-1-3-7(15)4-2-6/h1-5,15H,14H2. The average molecular weight is 231 g/mol. The molecular formula is C10H8F3NO2. The lowest BCUT2D eigenvalue weighted by Gasteiger charge is -2.05. The van der Waals surface area contributed by atoms with Crippen LogP contribution in [0.2, 0.25) is 0 Å². The second-order valence-corrected chi connectivity index (χ2v) is 3.01. The number of allylic oxidation sites excluding steroid dienone is 2. The fourth-order valence-electron chi connectivity index (χ4n) is 0.932. The summed E-state index contributed by atoms with van der Waals surface area (Å²) in [6.07, 6.45) is -4.40. The smallest absolute Gasteiger partial charge is 0.430 e. The van der Waals surface area contributed by atoms with Crippen LogP contribution in [0, 0.1) is 0 Å². The van der Waals surface area contributed by atoms with Crippen molar-refractivity contribution in [3.63, 3.8) is 0 Å². The molecule has 0 atom stereocenters. The van der Waals surface area contributed by atoms with E-state index in [9.17, 15) is 18.0 Å². The van der Waals surface area contributed by atoms with Gasteiger partial charge in [0.05, 0.1) is 0 Å². The number of carbonyl (C=O) groups excluding carboxylic acids is 1. The Labute approximate surface area is 89.0 Å². The molecule has 0 spiro atoms. The number of hydrogen-bond acceptors (Lipinski definition) is 3. The van der Waals surface area contributed by atoms with E-state index in [1.165, 1.54) is 24.3 Å². The molecule has 0 fully saturated rings. The molecule has 0 saturated heterocycles. The zero-order chi connectivity index (χ0) is 12.3. The molecule has 6 heteroatoms. The number of carbonyl (C=O) groups is 1. The van der Waals surface area contributed by atoms with E-state index in [-0.39, 0.29) is 11.3 Å². The third kappa shape index (κ3) is 3.01. The van der Waals surface area contributed by atoms with Gasteiger partial charge in [0, 0.05) is 11.6 Å². The van der Waals surface area contributed by atoms with E-state index in [2.05, 4.69) is 5.73 Å². The molecule has 1 rings (SSSR count). The largest absolute Gasteiger partial charge is 0.508 e. The highest BCUT2D eigenvalue weighted by atomic mass is 19.4. The number of aromatic hydroxyl groups is 1. The molecule has 1 aromatic carbocycles. The lowest BCUT2D eigenvalue weighted by Crippen LogP contribution is -2.20. The van der Waals surface area contributed by atoms with E-state index < -0.39 is 17.7 Å². The number of phenols is 1. The number of halogens is 3. The summed E-state index contributed by atoms with van der Waals surface area (Å²) in [7, 11) is 0. The predicted molar refractivity (Wildman–Crippen MR) is 50.8 cm³/mol. The molecule has 0 aliphatic carbocycles. The first kappa shape index (κ1) is 12.1. The molecule has 0 radical (unpaired) electrons. The fourth-order valence-corrected chi connectivity index (χ4v) is 0.932. The zero-order valence-corrected chi connectivity index (χ0v) is 7.95. The third-order valence-corrected chi connectivity index (χ3v) is 1.77. The van der Waals surface area contributed by atoms with Crippen molar-refractivity contribution >= 4 is 5.78 Å². The van der Waals surface area contributed by atoms with Crippen molar-refractivity contribution in [2.45, 2.75) is 6.18 Å². The zero-order valence-electron chi connectivity index (χ0n) is 7.95. The Kier molecular flexibility index (Phi) is 3.22. The summed E-state index contributed by atoms with van der Waals surface area (Å²) in [6, 6.07) is 4.81. The van der Waals surface area contributed by atoms with Gasteiger partial charge in [0.15, 0.2) is 5.78 Å². The first-order valence-corrected chi connectivity index (χ1v) is 4.18. The molecular weight excluding hydrogens is 223 g/mol. The molecule has 0 aromatic heterocycles. The lowest BCUT2D eigenvalue weighted by molar-refractivity contribution is -0.0927. The van der Waals surface area contributed by atoms with E-state index in [4.69, 9.17) is 5.11 Å². The monoisotopic (exact) mass is 231 g/mol. The van der Waals surface area contributed by atoms with Crippen LogP contribution in [0.4, 0.5) is 13.2 Å². The summed E-state index contributed by atoms with van der Waals surface area (Å²) < 4.78 is 36.0. The van der Waals surface area contributed by atoms with E-state index >= 15 is 0 Å². The van der Waals surface area contributed by atoms with Crippen molar-refractivity contribution in [3.05, 3.63) is 41.6 Å². The van der Waals surface area contributed by atoms with Gasteiger partial charge in [-0.3, -0.25) is 4.79 Å². The van der Waals surface area contributed by atoms with Crippen LogP contribution in [0.15, 0.2) is 36.0 Å². The number of nitrogens with two attached hydrogens (primary N) is 1. The van der Waals surface area contributed by atoms with Gasteiger partial charge in [0.25, 0.3) is 0 Å². The molecule has 3 nitrogen and oxygen atoms in total. The Morgan fingerprint density at radius 3 is 2.19 bits per heavy atom. The van der Waals surface area contributed by atoms with Gasteiger partial charge in [-0.05, 0) is 24.3 Å². The van der Waals surface area contributed by atoms with Gasteiger partial charge in [0.1, 0.15) is 11.4 Å². The van der Waals surface area contributed by atoms with Gasteiger partial charge in [-0.2, -0.15) is 13.2 Å². The molecule has 86 valence electrons. The van der Waals surface area contributed by atoms with Gasteiger partial charge in [-0.1, -0.05) is 0 Å². The molecule has 0 amide bonds. The van der Waals surface area contributed by atoms with E-state index in [1.807, 2.05) is 0 Å². The molecule has 0 saturated carbocycles. The normalized spacial score (nSPS) is 12.6. The van der Waals surface area contributed by atoms with Crippen LogP contribution in [0.3, 0.4) is 0 Å². The maximum Gasteiger partial charge on any atom is 0.430 e. The highest BCUT2D eigenvalue weighted by Crippen LogP contribution is 2.22. The summed E-state index contributed by atoms with van der Waals surface area (Å²) in [5, 5.41) is 8.92. The fraction of sp³-hybridized carbons (Fsp3) is 0.100. The predicted octanol–water partition coefficient (Wildman–Crippen LogP) is 1.98. The highest BCUT2D eigenvalue weighted by molar-refractivity contribution is 6.04. The minimum absolute atomic E-state index is 0.0185. The van der Waals surface area contributed by atoms with Gasteiger partial charge >= 0.3 is 6.18 Å². The maximum atomic E-state index is 12.0. The van der Waals surface area contributed by atoms with Gasteiger partial charge < -0.3 is 10.8 Å². The summed E-state index contributed by atoms with van der Waals surface area (Å²) in [4.78, 5) is 11.3. The molecule has 0 aliphatic heterocycles. The molecule has 1 aromatic rings. The number of phenolic OH excluding ortho intramolecular Hbond substituents is 1. The van der Waals surface area contributed by atoms with Crippen molar-refractivity contribution in [2.75, 3.05) is 0 Å². The third-order valence-electron chi connectivity index (χ3n) is 1.77. The van der Waals surface area contributed by atoms with Crippen molar-refractivity contribution < 1.29 is 23.1 Å². The Balaban J connectivity index is 2.92. The number of rotatable bonds is 2. The van der Waals surface area contributed by atoms with Crippen LogP contribution in [0.1, 0.15) is 10.4 Å². The highest BCUT2D eigenvalue weighted by Gasteiger charge is 2.32. The van der Waals surface area contributed by atoms with Crippen molar-refractivity contribution in [3.8, 4) is 5.75 Å². The topological polar surface area (TPSA) is 63.3 Å². The summed E-state index contributed by atoms with van der Waals surface area (Å²) in [5.74, 6) is -0.945. The summed E-state index contributed by atoms with van der Waals surface area (Å²) in [6.45, 7) is 0. The molecule has 3 N–H and O–H groups in total. The first-order valence-electron chi connectivity index (χ1n) is 4.18. The molecule has 0 heterocycles. The Morgan fingerprint density at radius 1 is 1.25 bits per heavy atom. The molecule has 0 aliphatic rings. The summed E-state index contributed by atoms with van der Waals surface area (Å²) in [5.41, 5.74) is 3.25. The summed E-state index contributed by atoms with van der Waals surface area (Å²) >= 11 is 0. The minimum atomic E-state index is -4.72. The van der Waals surface area contributed by atoms with E-state index in [0.717, 1.165) is 0 Å². The number of ketones is 1. The first-order chi connectivity index (χ1) is 7.30. The molecule has 0 bridgehead atoms. The van der Waals surface area contributed by atoms with Crippen molar-refractivity contribution in [2.24, 2.45) is 5.73 Å². The minimum Gasteiger partial charge on any atom is -0.508 e. The quantitative estimate of drug-likeness (QED) is 0.604. The van der Waals surface area contributed by atoms with Gasteiger partial charge in [-0.25, -0.2) is 0 Å². The van der Waals surface area contributed by atoms with Crippen LogP contribution >= 0.6 is 0 Å². The SMILES string of the molecule is NC(=CC(=O)c1ccc(O)cc1)C(F)(F)F. The van der Waals surface area contributed by atoms with Gasteiger partial charge in [-0.15, -0.1) is 0 Å². The van der Waals surface area contributed by atoms with Crippen LogP contribution in [-0.4, -0.2) is 17.1 Å². The Hall–Kier alpha value is -1.98. The lowest BCUT2D eigenvalue weighted by atomic mass is 10.1. The Morgan fingerprint density at radius 2 is 1.75 bits per heavy atom. The van der Waals surface area contributed by atoms with Crippen LogP contribution < -0.4 is 5.73 Å². The van der Waals surface area contributed by atoms with Gasteiger partial charge in [0.2, 0.25) is 0 Å². The molecule has 16 heavy (non-hydrogen) atoms. The maximum absolute atomic E-state index is 12.0. The van der Waals surface area contributed by atoms with Crippen molar-refractivity contribution in [1.82, 2.24) is 0 Å². The Bertz CT molecular complexity index is 421. The average Bonchev–Trinajstić information content (AvgIpc) is 2.17. The van der Waals surface area contributed by atoms with Crippen molar-refractivity contribution in [1.29, 1.82) is 0 Å². The second-order valence-electron chi connectivity index (χ2n) is 3.01. The number of alkyl halides is 3. The van der Waals surface area contributed by atoms with Crippen LogP contribution in [0.25, 0.3) is 0 Å². The number of benzene rings is 1. The van der Waals surface area contributed by atoms with E-state index in [1.54, 1.807) is 0 Å².